The van der Waals surface area contributed by atoms with Crippen LogP contribution in [-0.4, -0.2) is 50.0 Å². The van der Waals surface area contributed by atoms with Gasteiger partial charge in [0.15, 0.2) is 9.84 Å². The van der Waals surface area contributed by atoms with E-state index in [-0.39, 0.29) is 29.2 Å². The predicted molar refractivity (Wildman–Crippen MR) is 91.2 cm³/mol. The summed E-state index contributed by atoms with van der Waals surface area (Å²) in [4.78, 5) is 26.2. The van der Waals surface area contributed by atoms with E-state index in [0.29, 0.717) is 0 Å². The first-order valence-corrected chi connectivity index (χ1v) is 10.0. The van der Waals surface area contributed by atoms with Crippen LogP contribution in [0.3, 0.4) is 0 Å². The summed E-state index contributed by atoms with van der Waals surface area (Å²) in [5.74, 6) is -3.04. The van der Waals surface area contributed by atoms with Crippen molar-refractivity contribution in [2.75, 3.05) is 18.6 Å². The summed E-state index contributed by atoms with van der Waals surface area (Å²) in [5, 5.41) is 2.42. The quantitative estimate of drug-likeness (QED) is 0.779. The fourth-order valence-electron chi connectivity index (χ4n) is 3.55. The molecular formula is C17H18F2N2O5S. The van der Waals surface area contributed by atoms with Gasteiger partial charge < -0.3 is 10.1 Å². The van der Waals surface area contributed by atoms with Crippen LogP contribution in [-0.2, 0) is 19.4 Å². The number of nitrogens with one attached hydrogen (secondary N) is 1. The van der Waals surface area contributed by atoms with Gasteiger partial charge in [-0.25, -0.2) is 26.8 Å². The minimum Gasteiger partial charge on any atom is -0.466 e. The van der Waals surface area contributed by atoms with E-state index in [0.717, 1.165) is 24.1 Å². The van der Waals surface area contributed by atoms with Gasteiger partial charge in [0.1, 0.15) is 11.6 Å². The lowest BCUT2D eigenvalue weighted by Gasteiger charge is -2.38. The molecule has 2 aliphatic heterocycles. The molecule has 1 aromatic rings. The van der Waals surface area contributed by atoms with Crippen LogP contribution in [0.1, 0.15) is 24.9 Å². The lowest BCUT2D eigenvalue weighted by atomic mass is 9.93. The van der Waals surface area contributed by atoms with Gasteiger partial charge in [0.05, 0.1) is 41.8 Å². The third-order valence-corrected chi connectivity index (χ3v) is 6.54. The van der Waals surface area contributed by atoms with Crippen molar-refractivity contribution in [3.05, 3.63) is 46.7 Å². The Hall–Kier alpha value is -2.49. The van der Waals surface area contributed by atoms with Crippen molar-refractivity contribution in [1.82, 2.24) is 10.2 Å². The van der Waals surface area contributed by atoms with Gasteiger partial charge in [-0.05, 0) is 25.5 Å². The number of hydrogen-bond acceptors (Lipinski definition) is 5. The Labute approximate surface area is 154 Å². The lowest BCUT2D eigenvalue weighted by molar-refractivity contribution is -0.136. The molecule has 2 aliphatic rings. The van der Waals surface area contributed by atoms with Gasteiger partial charge >= 0.3 is 12.0 Å². The summed E-state index contributed by atoms with van der Waals surface area (Å²) in [6, 6.07) is 0.426. The first kappa shape index (κ1) is 19.3. The second-order valence-electron chi connectivity index (χ2n) is 6.44. The number of benzene rings is 1. The van der Waals surface area contributed by atoms with Gasteiger partial charge in [-0.3, -0.25) is 4.90 Å². The van der Waals surface area contributed by atoms with E-state index in [4.69, 9.17) is 4.74 Å². The highest BCUT2D eigenvalue weighted by molar-refractivity contribution is 7.91. The van der Waals surface area contributed by atoms with E-state index < -0.39 is 51.1 Å². The largest absolute Gasteiger partial charge is 0.466 e. The van der Waals surface area contributed by atoms with Crippen LogP contribution in [0.4, 0.5) is 13.6 Å². The number of halogens is 2. The third kappa shape index (κ3) is 3.41. The molecule has 1 aromatic carbocycles. The van der Waals surface area contributed by atoms with E-state index in [9.17, 15) is 26.8 Å². The van der Waals surface area contributed by atoms with Crippen LogP contribution in [0, 0.1) is 11.6 Å². The van der Waals surface area contributed by atoms with E-state index in [2.05, 4.69) is 5.32 Å². The SMILES string of the molecule is COC(=O)C1=C(C)N([C@@H]2CCS(=O)(=O)C2)C(=O)N[C@H]1c1c(F)cccc1F. The number of nitrogens with zero attached hydrogens (tertiary/aromatic N) is 1. The Bertz CT molecular complexity index is 924. The molecule has 7 nitrogen and oxygen atoms in total. The average molecular weight is 400 g/mol. The van der Waals surface area contributed by atoms with Crippen molar-refractivity contribution in [3.63, 3.8) is 0 Å². The first-order chi connectivity index (χ1) is 12.7. The number of sulfone groups is 1. The van der Waals surface area contributed by atoms with Gasteiger partial charge in [-0.1, -0.05) is 6.07 Å². The lowest BCUT2D eigenvalue weighted by Crippen LogP contribution is -2.52. The van der Waals surface area contributed by atoms with Gasteiger partial charge in [-0.2, -0.15) is 0 Å². The Morgan fingerprint density at radius 1 is 1.30 bits per heavy atom. The van der Waals surface area contributed by atoms with Crippen LogP contribution in [0.5, 0.6) is 0 Å². The smallest absolute Gasteiger partial charge is 0.337 e. The fourth-order valence-corrected chi connectivity index (χ4v) is 5.25. The minimum absolute atomic E-state index is 0.0757. The van der Waals surface area contributed by atoms with Crippen molar-refractivity contribution in [1.29, 1.82) is 0 Å². The monoisotopic (exact) mass is 400 g/mol. The highest BCUT2D eigenvalue weighted by atomic mass is 32.2. The Kier molecular flexibility index (Phi) is 4.94. The van der Waals surface area contributed by atoms with Crippen LogP contribution >= 0.6 is 0 Å². The Morgan fingerprint density at radius 2 is 1.93 bits per heavy atom. The normalized spacial score (nSPS) is 24.7. The molecule has 1 fully saturated rings. The maximum atomic E-state index is 14.3. The Morgan fingerprint density at radius 3 is 2.44 bits per heavy atom. The zero-order valence-electron chi connectivity index (χ0n) is 14.7. The molecule has 146 valence electrons. The molecule has 0 saturated carbocycles. The van der Waals surface area contributed by atoms with Crippen molar-refractivity contribution >= 4 is 21.8 Å². The number of methoxy groups -OCH3 is 1. The summed E-state index contributed by atoms with van der Waals surface area (Å²) in [6.07, 6.45) is 0.209. The zero-order chi connectivity index (χ0) is 19.9. The van der Waals surface area contributed by atoms with Crippen LogP contribution in [0.25, 0.3) is 0 Å². The van der Waals surface area contributed by atoms with Crippen LogP contribution in [0.2, 0.25) is 0 Å². The molecule has 0 aromatic heterocycles. The second kappa shape index (κ2) is 6.91. The standard InChI is InChI=1S/C17H18F2N2O5S/c1-9-13(16(22)26-2)15(14-11(18)4-3-5-12(14)19)20-17(23)21(9)10-6-7-27(24,25)8-10/h3-5,10,15H,6-8H2,1-2H3,(H,20,23)/t10-,15-/m1/s1. The number of hydrogen-bond donors (Lipinski definition) is 1. The highest BCUT2D eigenvalue weighted by Gasteiger charge is 2.43. The molecule has 0 aliphatic carbocycles. The molecule has 3 rings (SSSR count). The van der Waals surface area contributed by atoms with E-state index >= 15 is 0 Å². The van der Waals surface area contributed by atoms with E-state index in [1.807, 2.05) is 0 Å². The highest BCUT2D eigenvalue weighted by Crippen LogP contribution is 2.36. The molecule has 0 radical (unpaired) electrons. The summed E-state index contributed by atoms with van der Waals surface area (Å²) in [7, 11) is -2.19. The number of carbonyl (C=O) groups excluding carboxylic acids is 2. The van der Waals surface area contributed by atoms with Crippen LogP contribution < -0.4 is 5.32 Å². The molecule has 2 heterocycles. The third-order valence-electron chi connectivity index (χ3n) is 4.79. The molecule has 1 saturated heterocycles. The molecule has 0 bridgehead atoms. The minimum atomic E-state index is -3.29. The summed E-state index contributed by atoms with van der Waals surface area (Å²) in [5.41, 5.74) is -0.518. The first-order valence-electron chi connectivity index (χ1n) is 8.19. The van der Waals surface area contributed by atoms with Crippen molar-refractivity contribution in [2.45, 2.75) is 25.4 Å². The number of urea groups is 1. The molecule has 10 heteroatoms. The maximum absolute atomic E-state index is 14.3. The number of rotatable bonds is 3. The Balaban J connectivity index is 2.13. The predicted octanol–water partition coefficient (Wildman–Crippen LogP) is 1.67. The summed E-state index contributed by atoms with van der Waals surface area (Å²) >= 11 is 0. The van der Waals surface area contributed by atoms with Crippen molar-refractivity contribution in [3.8, 4) is 0 Å². The van der Waals surface area contributed by atoms with Gasteiger partial charge in [-0.15, -0.1) is 0 Å². The average Bonchev–Trinajstić information content (AvgIpc) is 2.93. The topological polar surface area (TPSA) is 92.8 Å². The second-order valence-corrected chi connectivity index (χ2v) is 8.66. The molecule has 2 amide bonds. The van der Waals surface area contributed by atoms with Gasteiger partial charge in [0.25, 0.3) is 0 Å². The number of carbonyl (C=O) groups is 2. The molecule has 27 heavy (non-hydrogen) atoms. The molecule has 0 unspecified atom stereocenters. The summed E-state index contributed by atoms with van der Waals surface area (Å²) in [6.45, 7) is 1.43. The van der Waals surface area contributed by atoms with Crippen LogP contribution in [0.15, 0.2) is 29.5 Å². The molecular weight excluding hydrogens is 382 g/mol. The van der Waals surface area contributed by atoms with Gasteiger partial charge in [0.2, 0.25) is 0 Å². The number of ether oxygens (including phenoxy) is 1. The van der Waals surface area contributed by atoms with Gasteiger partial charge in [0, 0.05) is 5.70 Å². The van der Waals surface area contributed by atoms with E-state index in [1.54, 1.807) is 0 Å². The maximum Gasteiger partial charge on any atom is 0.337 e. The zero-order valence-corrected chi connectivity index (χ0v) is 15.5. The molecule has 1 N–H and O–H groups in total. The molecule has 0 spiro atoms. The van der Waals surface area contributed by atoms with Crippen molar-refractivity contribution < 1.29 is 31.5 Å². The van der Waals surface area contributed by atoms with E-state index in [1.165, 1.54) is 13.0 Å². The van der Waals surface area contributed by atoms with Crippen molar-refractivity contribution in [2.24, 2.45) is 0 Å². The fraction of sp³-hybridized carbons (Fsp3) is 0.412. The number of amides is 2. The molecule has 2 atom stereocenters. The number of allylic oxidation sites excluding steroid dienone is 1. The number of esters is 1. The summed E-state index contributed by atoms with van der Waals surface area (Å²) < 4.78 is 56.8.